The lowest BCUT2D eigenvalue weighted by Gasteiger charge is -2.08. The number of carbonyl (C=O) groups excluding carboxylic acids is 1. The molecule has 0 saturated heterocycles. The standard InChI is InChI=1S/C18H25NO3S/c1-21-16-9-7-14(13-17(16)22-2)8-10-18(20)19-11-12-23-15-5-3-4-6-15/h7-10,13,15H,3-6,11-12H2,1-2H3,(H,19,20)/b10-8+. The molecule has 1 aromatic rings. The van der Waals surface area contributed by atoms with Crippen molar-refractivity contribution in [2.24, 2.45) is 0 Å². The molecule has 1 saturated carbocycles. The van der Waals surface area contributed by atoms with Crippen LogP contribution >= 0.6 is 11.8 Å². The molecule has 1 amide bonds. The lowest BCUT2D eigenvalue weighted by Crippen LogP contribution is -2.24. The van der Waals surface area contributed by atoms with Crippen molar-refractivity contribution in [2.75, 3.05) is 26.5 Å². The molecule has 0 radical (unpaired) electrons. The molecule has 1 aliphatic rings. The number of rotatable bonds is 8. The summed E-state index contributed by atoms with van der Waals surface area (Å²) in [6, 6.07) is 5.56. The molecule has 23 heavy (non-hydrogen) atoms. The average Bonchev–Trinajstić information content (AvgIpc) is 3.10. The molecule has 4 nitrogen and oxygen atoms in total. The molecule has 0 bridgehead atoms. The van der Waals surface area contributed by atoms with E-state index in [0.717, 1.165) is 23.1 Å². The maximum atomic E-state index is 11.8. The van der Waals surface area contributed by atoms with Crippen molar-refractivity contribution in [2.45, 2.75) is 30.9 Å². The van der Waals surface area contributed by atoms with Crippen LogP contribution in [0, 0.1) is 0 Å². The van der Waals surface area contributed by atoms with Crippen LogP contribution in [-0.2, 0) is 4.79 Å². The number of nitrogens with one attached hydrogen (secondary N) is 1. The zero-order valence-electron chi connectivity index (χ0n) is 13.8. The van der Waals surface area contributed by atoms with Crippen LogP contribution in [0.4, 0.5) is 0 Å². The normalized spacial score (nSPS) is 15.0. The second-order valence-electron chi connectivity index (χ2n) is 5.52. The van der Waals surface area contributed by atoms with E-state index in [4.69, 9.17) is 9.47 Å². The number of hydrogen-bond acceptors (Lipinski definition) is 4. The molecular weight excluding hydrogens is 310 g/mol. The highest BCUT2D eigenvalue weighted by molar-refractivity contribution is 7.99. The number of amides is 1. The Hall–Kier alpha value is -1.62. The maximum Gasteiger partial charge on any atom is 0.244 e. The van der Waals surface area contributed by atoms with Crippen LogP contribution in [0.5, 0.6) is 11.5 Å². The Kier molecular flexibility index (Phi) is 7.33. The first-order valence-electron chi connectivity index (χ1n) is 8.02. The first kappa shape index (κ1) is 17.7. The van der Waals surface area contributed by atoms with Gasteiger partial charge in [0.2, 0.25) is 5.91 Å². The van der Waals surface area contributed by atoms with Crippen molar-refractivity contribution >= 4 is 23.7 Å². The summed E-state index contributed by atoms with van der Waals surface area (Å²) in [6.45, 7) is 0.719. The molecule has 1 aliphatic carbocycles. The minimum Gasteiger partial charge on any atom is -0.493 e. The van der Waals surface area contributed by atoms with E-state index in [2.05, 4.69) is 5.32 Å². The van der Waals surface area contributed by atoms with Crippen LogP contribution in [0.3, 0.4) is 0 Å². The predicted molar refractivity (Wildman–Crippen MR) is 96.3 cm³/mol. The van der Waals surface area contributed by atoms with Crippen molar-refractivity contribution in [3.05, 3.63) is 29.8 Å². The molecule has 0 spiro atoms. The number of hydrogen-bond donors (Lipinski definition) is 1. The summed E-state index contributed by atoms with van der Waals surface area (Å²) < 4.78 is 10.4. The lowest BCUT2D eigenvalue weighted by atomic mass is 10.2. The first-order valence-corrected chi connectivity index (χ1v) is 9.07. The Labute approximate surface area is 142 Å². The van der Waals surface area contributed by atoms with Crippen LogP contribution in [0.2, 0.25) is 0 Å². The minimum absolute atomic E-state index is 0.0631. The summed E-state index contributed by atoms with van der Waals surface area (Å²) in [5.74, 6) is 2.26. The summed E-state index contributed by atoms with van der Waals surface area (Å²) in [4.78, 5) is 11.8. The Morgan fingerprint density at radius 1 is 1.26 bits per heavy atom. The van der Waals surface area contributed by atoms with Crippen LogP contribution in [0.15, 0.2) is 24.3 Å². The van der Waals surface area contributed by atoms with E-state index >= 15 is 0 Å². The highest BCUT2D eigenvalue weighted by Crippen LogP contribution is 2.29. The Morgan fingerprint density at radius 3 is 2.70 bits per heavy atom. The third-order valence-corrected chi connectivity index (χ3v) is 5.27. The van der Waals surface area contributed by atoms with Gasteiger partial charge in [0.05, 0.1) is 14.2 Å². The Balaban J connectivity index is 1.74. The Bertz CT molecular complexity index is 539. The van der Waals surface area contributed by atoms with E-state index in [1.54, 1.807) is 26.4 Å². The van der Waals surface area contributed by atoms with Gasteiger partial charge in [0.15, 0.2) is 11.5 Å². The number of carbonyl (C=O) groups is 1. The molecule has 1 fully saturated rings. The topological polar surface area (TPSA) is 47.6 Å². The van der Waals surface area contributed by atoms with Crippen LogP contribution in [0.1, 0.15) is 31.2 Å². The predicted octanol–water partition coefficient (Wildman–Crippen LogP) is 3.51. The minimum atomic E-state index is -0.0631. The van der Waals surface area contributed by atoms with Gasteiger partial charge in [-0.05, 0) is 36.6 Å². The van der Waals surface area contributed by atoms with Gasteiger partial charge in [0, 0.05) is 23.6 Å². The van der Waals surface area contributed by atoms with Crippen molar-refractivity contribution in [3.63, 3.8) is 0 Å². The molecular formula is C18H25NO3S. The van der Waals surface area contributed by atoms with Crippen molar-refractivity contribution in [3.8, 4) is 11.5 Å². The molecule has 0 atom stereocenters. The van der Waals surface area contributed by atoms with Gasteiger partial charge in [-0.15, -0.1) is 0 Å². The van der Waals surface area contributed by atoms with Gasteiger partial charge in [-0.2, -0.15) is 11.8 Å². The van der Waals surface area contributed by atoms with E-state index in [1.165, 1.54) is 25.7 Å². The van der Waals surface area contributed by atoms with Crippen molar-refractivity contribution in [1.29, 1.82) is 0 Å². The van der Waals surface area contributed by atoms with Gasteiger partial charge < -0.3 is 14.8 Å². The van der Waals surface area contributed by atoms with E-state index in [1.807, 2.05) is 30.0 Å². The molecule has 2 rings (SSSR count). The molecule has 5 heteroatoms. The zero-order chi connectivity index (χ0) is 16.5. The van der Waals surface area contributed by atoms with E-state index in [9.17, 15) is 4.79 Å². The van der Waals surface area contributed by atoms with Gasteiger partial charge in [0.25, 0.3) is 0 Å². The summed E-state index contributed by atoms with van der Waals surface area (Å²) in [7, 11) is 3.20. The second kappa shape index (κ2) is 9.50. The third-order valence-electron chi connectivity index (χ3n) is 3.89. The molecule has 126 valence electrons. The maximum absolute atomic E-state index is 11.8. The van der Waals surface area contributed by atoms with Gasteiger partial charge in [-0.1, -0.05) is 18.9 Å². The van der Waals surface area contributed by atoms with E-state index in [0.29, 0.717) is 11.5 Å². The smallest absolute Gasteiger partial charge is 0.244 e. The number of ether oxygens (including phenoxy) is 2. The fourth-order valence-corrected chi connectivity index (χ4v) is 3.86. The molecule has 0 heterocycles. The van der Waals surface area contributed by atoms with Crippen LogP contribution in [-0.4, -0.2) is 37.7 Å². The number of thioether (sulfide) groups is 1. The molecule has 0 aliphatic heterocycles. The Morgan fingerprint density at radius 2 is 2.00 bits per heavy atom. The summed E-state index contributed by atoms with van der Waals surface area (Å²) >= 11 is 1.98. The second-order valence-corrected chi connectivity index (χ2v) is 6.92. The van der Waals surface area contributed by atoms with E-state index in [-0.39, 0.29) is 5.91 Å². The summed E-state index contributed by atoms with van der Waals surface area (Å²) in [5.41, 5.74) is 0.901. The van der Waals surface area contributed by atoms with Crippen molar-refractivity contribution in [1.82, 2.24) is 5.32 Å². The van der Waals surface area contributed by atoms with Crippen LogP contribution in [0.25, 0.3) is 6.08 Å². The number of methoxy groups -OCH3 is 2. The highest BCUT2D eigenvalue weighted by Gasteiger charge is 2.14. The quantitative estimate of drug-likeness (QED) is 0.583. The van der Waals surface area contributed by atoms with Crippen LogP contribution < -0.4 is 14.8 Å². The average molecular weight is 335 g/mol. The first-order chi connectivity index (χ1) is 11.2. The monoisotopic (exact) mass is 335 g/mol. The SMILES string of the molecule is COc1ccc(/C=C/C(=O)NCCSC2CCCC2)cc1OC. The lowest BCUT2D eigenvalue weighted by molar-refractivity contribution is -0.116. The van der Waals surface area contributed by atoms with Gasteiger partial charge in [0.1, 0.15) is 0 Å². The van der Waals surface area contributed by atoms with Gasteiger partial charge in [-0.3, -0.25) is 4.79 Å². The number of benzene rings is 1. The summed E-state index contributed by atoms with van der Waals surface area (Å²) in [5, 5.41) is 3.73. The zero-order valence-corrected chi connectivity index (χ0v) is 14.7. The fraction of sp³-hybridized carbons (Fsp3) is 0.500. The molecule has 0 unspecified atom stereocenters. The largest absolute Gasteiger partial charge is 0.493 e. The third kappa shape index (κ3) is 5.82. The molecule has 1 N–H and O–H groups in total. The van der Waals surface area contributed by atoms with Gasteiger partial charge in [-0.25, -0.2) is 0 Å². The van der Waals surface area contributed by atoms with E-state index < -0.39 is 0 Å². The molecule has 1 aromatic carbocycles. The van der Waals surface area contributed by atoms with Crippen molar-refractivity contribution < 1.29 is 14.3 Å². The fourth-order valence-electron chi connectivity index (χ4n) is 2.64. The summed E-state index contributed by atoms with van der Waals surface area (Å²) in [6.07, 6.45) is 8.72. The van der Waals surface area contributed by atoms with Gasteiger partial charge >= 0.3 is 0 Å². The highest BCUT2D eigenvalue weighted by atomic mass is 32.2. The molecule has 0 aromatic heterocycles.